The van der Waals surface area contributed by atoms with Crippen molar-refractivity contribution in [3.8, 4) is 6.07 Å². The van der Waals surface area contributed by atoms with Crippen LogP contribution in [-0.4, -0.2) is 38.0 Å². The summed E-state index contributed by atoms with van der Waals surface area (Å²) >= 11 is 0. The standard InChI is InChI=1S/C21H23N3O4S/c1-16(25)18-7-11-20(12-8-18)29(27,28)24(2)15-3-4-21(26)23-19-9-5-17(6-10-19)13-14-22/h5-12H,3-4,13,15H2,1-2H3,(H,23,26). The molecule has 0 radical (unpaired) electrons. The number of benzene rings is 2. The molecule has 1 N–H and O–H groups in total. The average Bonchev–Trinajstić information content (AvgIpc) is 2.69. The summed E-state index contributed by atoms with van der Waals surface area (Å²) in [6.45, 7) is 1.60. The van der Waals surface area contributed by atoms with E-state index in [2.05, 4.69) is 11.4 Å². The van der Waals surface area contributed by atoms with Gasteiger partial charge in [-0.05, 0) is 43.2 Å². The van der Waals surface area contributed by atoms with Gasteiger partial charge in [0.1, 0.15) is 0 Å². The van der Waals surface area contributed by atoms with Crippen molar-refractivity contribution >= 4 is 27.4 Å². The predicted molar refractivity (Wildman–Crippen MR) is 110 cm³/mol. The van der Waals surface area contributed by atoms with E-state index in [1.165, 1.54) is 42.5 Å². The minimum absolute atomic E-state index is 0.104. The monoisotopic (exact) mass is 413 g/mol. The number of nitrogens with zero attached hydrogens (tertiary/aromatic N) is 2. The highest BCUT2D eigenvalue weighted by molar-refractivity contribution is 7.89. The zero-order valence-electron chi connectivity index (χ0n) is 16.4. The molecule has 0 aliphatic rings. The van der Waals surface area contributed by atoms with Crippen LogP contribution < -0.4 is 5.32 Å². The maximum atomic E-state index is 12.6. The molecule has 0 saturated heterocycles. The van der Waals surface area contributed by atoms with Crippen molar-refractivity contribution in [2.45, 2.75) is 31.1 Å². The Kier molecular flexibility index (Phi) is 7.65. The van der Waals surface area contributed by atoms with Gasteiger partial charge >= 0.3 is 0 Å². The van der Waals surface area contributed by atoms with Crippen LogP contribution in [0.15, 0.2) is 53.4 Å². The molecule has 8 heteroatoms. The minimum Gasteiger partial charge on any atom is -0.326 e. The van der Waals surface area contributed by atoms with Crippen molar-refractivity contribution in [3.63, 3.8) is 0 Å². The van der Waals surface area contributed by atoms with Crippen LogP contribution >= 0.6 is 0 Å². The first-order chi connectivity index (χ1) is 13.7. The summed E-state index contributed by atoms with van der Waals surface area (Å²) in [5.41, 5.74) is 1.95. The third kappa shape index (κ3) is 6.24. The van der Waals surface area contributed by atoms with E-state index < -0.39 is 10.0 Å². The second-order valence-corrected chi connectivity index (χ2v) is 8.64. The molecule has 29 heavy (non-hydrogen) atoms. The third-order valence-electron chi connectivity index (χ3n) is 4.37. The lowest BCUT2D eigenvalue weighted by Crippen LogP contribution is -2.28. The van der Waals surface area contributed by atoms with Gasteiger partial charge in [0.05, 0.1) is 17.4 Å². The molecule has 0 saturated carbocycles. The molecule has 2 aromatic carbocycles. The molecular weight excluding hydrogens is 390 g/mol. The van der Waals surface area contributed by atoms with Crippen molar-refractivity contribution in [1.29, 1.82) is 5.26 Å². The van der Waals surface area contributed by atoms with Gasteiger partial charge in [-0.1, -0.05) is 24.3 Å². The lowest BCUT2D eigenvalue weighted by Gasteiger charge is -2.17. The third-order valence-corrected chi connectivity index (χ3v) is 6.24. The van der Waals surface area contributed by atoms with Gasteiger partial charge in [0.15, 0.2) is 5.78 Å². The van der Waals surface area contributed by atoms with Gasteiger partial charge in [0.2, 0.25) is 15.9 Å². The largest absolute Gasteiger partial charge is 0.326 e. The van der Waals surface area contributed by atoms with Crippen molar-refractivity contribution in [3.05, 3.63) is 59.7 Å². The van der Waals surface area contributed by atoms with Crippen LogP contribution in [0.3, 0.4) is 0 Å². The van der Waals surface area contributed by atoms with E-state index in [0.29, 0.717) is 24.1 Å². The zero-order chi connectivity index (χ0) is 21.4. The molecule has 2 aromatic rings. The number of ketones is 1. The van der Waals surface area contributed by atoms with Gasteiger partial charge in [-0.3, -0.25) is 9.59 Å². The number of amides is 1. The fourth-order valence-corrected chi connectivity index (χ4v) is 3.85. The first-order valence-corrected chi connectivity index (χ1v) is 10.5. The number of hydrogen-bond donors (Lipinski definition) is 1. The molecule has 1 amide bonds. The van der Waals surface area contributed by atoms with Crippen LogP contribution in [0.1, 0.15) is 35.7 Å². The molecular formula is C21H23N3O4S. The smallest absolute Gasteiger partial charge is 0.242 e. The Labute approximate surface area is 171 Å². The summed E-state index contributed by atoms with van der Waals surface area (Å²) in [7, 11) is -2.23. The van der Waals surface area contributed by atoms with E-state index >= 15 is 0 Å². The SMILES string of the molecule is CC(=O)c1ccc(S(=O)(=O)N(C)CCCC(=O)Nc2ccc(CC#N)cc2)cc1. The Bertz CT molecular complexity index is 1010. The van der Waals surface area contributed by atoms with Gasteiger partial charge in [0, 0.05) is 31.3 Å². The molecule has 0 spiro atoms. The van der Waals surface area contributed by atoms with Crippen LogP contribution in [0.2, 0.25) is 0 Å². The first kappa shape index (κ1) is 22.3. The van der Waals surface area contributed by atoms with Crippen molar-refractivity contribution < 1.29 is 18.0 Å². The van der Waals surface area contributed by atoms with E-state index in [-0.39, 0.29) is 29.6 Å². The number of anilines is 1. The highest BCUT2D eigenvalue weighted by Crippen LogP contribution is 2.16. The molecule has 152 valence electrons. The van der Waals surface area contributed by atoms with Crippen LogP contribution in [0.4, 0.5) is 5.69 Å². The van der Waals surface area contributed by atoms with Gasteiger partial charge in [-0.2, -0.15) is 5.26 Å². The first-order valence-electron chi connectivity index (χ1n) is 9.07. The molecule has 0 heterocycles. The van der Waals surface area contributed by atoms with E-state index in [9.17, 15) is 18.0 Å². The molecule has 0 fully saturated rings. The second-order valence-electron chi connectivity index (χ2n) is 6.59. The fraction of sp³-hybridized carbons (Fsp3) is 0.286. The number of sulfonamides is 1. The van der Waals surface area contributed by atoms with Crippen LogP contribution in [0.25, 0.3) is 0 Å². The molecule has 0 aromatic heterocycles. The number of Topliss-reactive ketones (excluding diaryl/α,β-unsaturated/α-hetero) is 1. The maximum Gasteiger partial charge on any atom is 0.242 e. The van der Waals surface area contributed by atoms with Crippen molar-refractivity contribution in [2.24, 2.45) is 0 Å². The maximum absolute atomic E-state index is 12.6. The summed E-state index contributed by atoms with van der Waals surface area (Å²) < 4.78 is 26.4. The Morgan fingerprint density at radius 1 is 1.07 bits per heavy atom. The van der Waals surface area contributed by atoms with Crippen LogP contribution in [-0.2, 0) is 21.2 Å². The highest BCUT2D eigenvalue weighted by Gasteiger charge is 2.20. The van der Waals surface area contributed by atoms with E-state index in [1.807, 2.05) is 0 Å². The second kappa shape index (κ2) is 9.96. The molecule has 0 aliphatic heterocycles. The van der Waals surface area contributed by atoms with Gasteiger partial charge in [-0.15, -0.1) is 0 Å². The van der Waals surface area contributed by atoms with Crippen molar-refractivity contribution in [2.75, 3.05) is 18.9 Å². The number of carbonyl (C=O) groups is 2. The Morgan fingerprint density at radius 2 is 1.69 bits per heavy atom. The van der Waals surface area contributed by atoms with E-state index in [1.54, 1.807) is 24.3 Å². The van der Waals surface area contributed by atoms with Crippen LogP contribution in [0, 0.1) is 11.3 Å². The zero-order valence-corrected chi connectivity index (χ0v) is 17.2. The highest BCUT2D eigenvalue weighted by atomic mass is 32.2. The summed E-state index contributed by atoms with van der Waals surface area (Å²) in [5.74, 6) is -0.345. The van der Waals surface area contributed by atoms with Gasteiger partial charge in [0.25, 0.3) is 0 Å². The summed E-state index contributed by atoms with van der Waals surface area (Å²) in [5, 5.41) is 11.4. The Hall–Kier alpha value is -3.02. The van der Waals surface area contributed by atoms with E-state index in [4.69, 9.17) is 5.26 Å². The topological polar surface area (TPSA) is 107 Å². The van der Waals surface area contributed by atoms with Crippen molar-refractivity contribution in [1.82, 2.24) is 4.31 Å². The molecule has 0 aliphatic carbocycles. The lowest BCUT2D eigenvalue weighted by molar-refractivity contribution is -0.116. The normalized spacial score (nSPS) is 11.1. The number of carbonyl (C=O) groups excluding carboxylic acids is 2. The minimum atomic E-state index is -3.68. The molecule has 0 atom stereocenters. The summed E-state index contributed by atoms with van der Waals surface area (Å²) in [6.07, 6.45) is 0.842. The van der Waals surface area contributed by atoms with E-state index in [0.717, 1.165) is 5.56 Å². The predicted octanol–water partition coefficient (Wildman–Crippen LogP) is 2.99. The Balaban J connectivity index is 1.86. The molecule has 7 nitrogen and oxygen atoms in total. The summed E-state index contributed by atoms with van der Waals surface area (Å²) in [6, 6.07) is 14.8. The quantitative estimate of drug-likeness (QED) is 0.636. The molecule has 0 bridgehead atoms. The number of nitrogens with one attached hydrogen (secondary N) is 1. The summed E-state index contributed by atoms with van der Waals surface area (Å²) in [4.78, 5) is 23.5. The molecule has 0 unspecified atom stereocenters. The number of nitriles is 1. The van der Waals surface area contributed by atoms with Crippen LogP contribution in [0.5, 0.6) is 0 Å². The van der Waals surface area contributed by atoms with Gasteiger partial charge in [-0.25, -0.2) is 12.7 Å². The number of hydrogen-bond acceptors (Lipinski definition) is 5. The van der Waals surface area contributed by atoms with Gasteiger partial charge < -0.3 is 5.32 Å². The lowest BCUT2D eigenvalue weighted by atomic mass is 10.1. The molecule has 2 rings (SSSR count). The average molecular weight is 413 g/mol. The number of rotatable bonds is 9. The Morgan fingerprint density at radius 3 is 2.24 bits per heavy atom. The fourth-order valence-electron chi connectivity index (χ4n) is 2.64.